The molecule has 228 valence electrons. The van der Waals surface area contributed by atoms with Gasteiger partial charge in [-0.15, -0.1) is 0 Å². The zero-order valence-electron chi connectivity index (χ0n) is 25.8. The standard InChI is InChI=1S/C33H47F3N2O3/c1-27(2)10-12-32(26(41)38-18-33(34,35)36)13-11-31(7)24(20(32)16-27)21(39)14-23-29(5)15-19(17-37)25(40)28(3,4)22(29)8-9-30(23,31)6/h19-20,22-24H,8-16,18H2,1-7H3,(H,38,41)/t19?,20?,22-,23+,24?,29-,30+,31+,32-/m0/s1. The van der Waals surface area contributed by atoms with Gasteiger partial charge in [-0.25, -0.2) is 0 Å². The molecule has 41 heavy (non-hydrogen) atoms. The van der Waals surface area contributed by atoms with Gasteiger partial charge in [-0.1, -0.05) is 48.5 Å². The number of amides is 1. The molecule has 1 N–H and O–H groups in total. The number of rotatable bonds is 2. The Morgan fingerprint density at radius 1 is 0.927 bits per heavy atom. The Hall–Kier alpha value is -1.91. The van der Waals surface area contributed by atoms with Crippen molar-refractivity contribution in [3.05, 3.63) is 0 Å². The van der Waals surface area contributed by atoms with Crippen LogP contribution in [0.2, 0.25) is 0 Å². The highest BCUT2D eigenvalue weighted by atomic mass is 19.4. The van der Waals surface area contributed by atoms with Crippen LogP contribution in [0.15, 0.2) is 0 Å². The minimum absolute atomic E-state index is 0.00567. The van der Waals surface area contributed by atoms with E-state index in [9.17, 15) is 32.8 Å². The van der Waals surface area contributed by atoms with E-state index in [1.54, 1.807) is 0 Å². The molecule has 5 saturated carbocycles. The molecular weight excluding hydrogens is 529 g/mol. The second kappa shape index (κ2) is 9.05. The third-order valence-corrected chi connectivity index (χ3v) is 13.8. The summed E-state index contributed by atoms with van der Waals surface area (Å²) in [7, 11) is 0. The lowest BCUT2D eigenvalue weighted by Gasteiger charge is -2.72. The number of nitrogens with zero attached hydrogens (tertiary/aromatic N) is 1. The van der Waals surface area contributed by atoms with E-state index in [4.69, 9.17) is 0 Å². The number of Topliss-reactive ketones (excluding diaryl/α,β-unsaturated/α-hetero) is 2. The molecule has 0 spiro atoms. The highest BCUT2D eigenvalue weighted by molar-refractivity contribution is 5.91. The van der Waals surface area contributed by atoms with Crippen molar-refractivity contribution < 1.29 is 27.6 Å². The van der Waals surface area contributed by atoms with E-state index in [0.29, 0.717) is 38.5 Å². The molecular formula is C33H47F3N2O3. The average Bonchev–Trinajstić information content (AvgIpc) is 2.85. The molecule has 0 saturated heterocycles. The Kier molecular flexibility index (Phi) is 6.74. The maximum absolute atomic E-state index is 14.5. The molecule has 5 fully saturated rings. The Balaban J connectivity index is 1.57. The van der Waals surface area contributed by atoms with E-state index >= 15 is 0 Å². The number of carbonyl (C=O) groups is 3. The van der Waals surface area contributed by atoms with Gasteiger partial charge in [-0.3, -0.25) is 14.4 Å². The minimum Gasteiger partial charge on any atom is -0.346 e. The van der Waals surface area contributed by atoms with Gasteiger partial charge in [0.1, 0.15) is 18.2 Å². The summed E-state index contributed by atoms with van der Waals surface area (Å²) in [6.45, 7) is 13.6. The van der Waals surface area contributed by atoms with Crippen LogP contribution in [0.3, 0.4) is 0 Å². The number of fused-ring (bicyclic) bond motifs is 7. The third kappa shape index (κ3) is 4.17. The van der Waals surface area contributed by atoms with E-state index < -0.39 is 46.7 Å². The van der Waals surface area contributed by atoms with Crippen LogP contribution in [0.4, 0.5) is 13.2 Å². The number of nitrogens with one attached hydrogen (secondary N) is 1. The maximum atomic E-state index is 14.5. The summed E-state index contributed by atoms with van der Waals surface area (Å²) in [5.41, 5.74) is -2.80. The number of halogens is 3. The smallest absolute Gasteiger partial charge is 0.346 e. The van der Waals surface area contributed by atoms with Gasteiger partial charge in [0.2, 0.25) is 5.91 Å². The molecule has 0 aliphatic heterocycles. The number of alkyl halides is 3. The van der Waals surface area contributed by atoms with Gasteiger partial charge in [0.25, 0.3) is 0 Å². The van der Waals surface area contributed by atoms with Gasteiger partial charge in [0.15, 0.2) is 5.78 Å². The molecule has 5 aliphatic carbocycles. The third-order valence-electron chi connectivity index (χ3n) is 13.8. The summed E-state index contributed by atoms with van der Waals surface area (Å²) in [4.78, 5) is 41.5. The van der Waals surface area contributed by atoms with E-state index in [2.05, 4.69) is 46.0 Å². The van der Waals surface area contributed by atoms with Crippen LogP contribution in [0.1, 0.15) is 106 Å². The molecule has 5 aliphatic rings. The topological polar surface area (TPSA) is 87.0 Å². The molecule has 8 heteroatoms. The quantitative estimate of drug-likeness (QED) is 0.382. The van der Waals surface area contributed by atoms with Crippen LogP contribution in [0.5, 0.6) is 0 Å². The number of hydrogen-bond donors (Lipinski definition) is 1. The van der Waals surface area contributed by atoms with Gasteiger partial charge in [-0.2, -0.15) is 18.4 Å². The lowest BCUT2D eigenvalue weighted by Crippen LogP contribution is -2.70. The molecule has 0 heterocycles. The van der Waals surface area contributed by atoms with Crippen molar-refractivity contribution in [3.8, 4) is 6.07 Å². The van der Waals surface area contributed by atoms with Crippen LogP contribution in [0.25, 0.3) is 0 Å². The number of hydrogen-bond acceptors (Lipinski definition) is 4. The molecule has 1 amide bonds. The predicted molar refractivity (Wildman–Crippen MR) is 148 cm³/mol. The van der Waals surface area contributed by atoms with Crippen LogP contribution < -0.4 is 5.32 Å². The van der Waals surface area contributed by atoms with Crippen molar-refractivity contribution >= 4 is 17.5 Å². The van der Waals surface area contributed by atoms with Gasteiger partial charge >= 0.3 is 6.18 Å². The molecule has 5 rings (SSSR count). The van der Waals surface area contributed by atoms with Gasteiger partial charge in [0.05, 0.1) is 11.5 Å². The molecule has 0 radical (unpaired) electrons. The SMILES string of the molecule is CC1(C)CC[C@]2(C(=O)NCC(F)(F)F)CC[C@]3(C)C(C(=O)C[C@@H]4[C@@]5(C)CC(C#N)C(=O)C(C)(C)[C@@H]5CC[C@]43C)C2C1. The Labute approximate surface area is 242 Å². The van der Waals surface area contributed by atoms with Crippen molar-refractivity contribution in [2.45, 2.75) is 112 Å². The van der Waals surface area contributed by atoms with E-state index in [1.165, 1.54) is 0 Å². The van der Waals surface area contributed by atoms with Gasteiger partial charge in [-0.05, 0) is 90.8 Å². The monoisotopic (exact) mass is 576 g/mol. The van der Waals surface area contributed by atoms with Crippen LogP contribution in [0, 0.1) is 73.4 Å². The number of nitriles is 1. The first-order chi connectivity index (χ1) is 18.7. The normalized spacial score (nSPS) is 46.7. The fourth-order valence-corrected chi connectivity index (χ4v) is 11.6. The first kappa shape index (κ1) is 30.5. The number of carbonyl (C=O) groups excluding carboxylic acids is 3. The molecule has 9 atom stereocenters. The fourth-order valence-electron chi connectivity index (χ4n) is 11.6. The van der Waals surface area contributed by atoms with Crippen molar-refractivity contribution in [3.63, 3.8) is 0 Å². The summed E-state index contributed by atoms with van der Waals surface area (Å²) in [5.74, 6) is -1.76. The summed E-state index contributed by atoms with van der Waals surface area (Å²) >= 11 is 0. The van der Waals surface area contributed by atoms with Crippen LogP contribution in [-0.4, -0.2) is 30.2 Å². The molecule has 5 nitrogen and oxygen atoms in total. The van der Waals surface area contributed by atoms with E-state index in [1.807, 2.05) is 13.8 Å². The first-order valence-corrected chi connectivity index (χ1v) is 15.5. The zero-order valence-corrected chi connectivity index (χ0v) is 25.8. The highest BCUT2D eigenvalue weighted by Gasteiger charge is 2.73. The molecule has 0 aromatic carbocycles. The maximum Gasteiger partial charge on any atom is 0.405 e. The second-order valence-electron chi connectivity index (χ2n) is 16.5. The van der Waals surface area contributed by atoms with Crippen molar-refractivity contribution in [1.29, 1.82) is 5.26 Å². The zero-order chi connectivity index (χ0) is 30.6. The summed E-state index contributed by atoms with van der Waals surface area (Å²) in [6, 6.07) is 2.28. The van der Waals surface area contributed by atoms with Gasteiger partial charge in [0, 0.05) is 17.8 Å². The Bertz CT molecular complexity index is 1200. The van der Waals surface area contributed by atoms with Gasteiger partial charge < -0.3 is 5.32 Å². The Morgan fingerprint density at radius 2 is 1.56 bits per heavy atom. The van der Waals surface area contributed by atoms with Crippen molar-refractivity contribution in [2.75, 3.05) is 6.54 Å². The second-order valence-corrected chi connectivity index (χ2v) is 16.5. The average molecular weight is 577 g/mol. The predicted octanol–water partition coefficient (Wildman–Crippen LogP) is 7.04. The summed E-state index contributed by atoms with van der Waals surface area (Å²) < 4.78 is 39.4. The van der Waals surface area contributed by atoms with E-state index in [-0.39, 0.29) is 45.6 Å². The minimum atomic E-state index is -4.50. The first-order valence-electron chi connectivity index (χ1n) is 15.5. The molecule has 0 bridgehead atoms. The highest BCUT2D eigenvalue weighted by Crippen LogP contribution is 2.76. The Morgan fingerprint density at radius 3 is 2.17 bits per heavy atom. The lowest BCUT2D eigenvalue weighted by molar-refractivity contribution is -0.235. The van der Waals surface area contributed by atoms with E-state index in [0.717, 1.165) is 19.3 Å². The molecule has 0 aromatic heterocycles. The molecule has 0 aromatic rings. The number of ketones is 2. The van der Waals surface area contributed by atoms with Crippen molar-refractivity contribution in [1.82, 2.24) is 5.32 Å². The van der Waals surface area contributed by atoms with Crippen molar-refractivity contribution in [2.24, 2.45) is 62.1 Å². The summed E-state index contributed by atoms with van der Waals surface area (Å²) in [6.07, 6.45) is 0.950. The largest absolute Gasteiger partial charge is 0.405 e. The molecule has 3 unspecified atom stereocenters. The fraction of sp³-hybridized carbons (Fsp3) is 0.879. The lowest BCUT2D eigenvalue weighted by atomic mass is 9.31. The van der Waals surface area contributed by atoms with Crippen LogP contribution in [-0.2, 0) is 14.4 Å². The summed E-state index contributed by atoms with van der Waals surface area (Å²) in [5, 5.41) is 12.2. The van der Waals surface area contributed by atoms with Crippen LogP contribution >= 0.6 is 0 Å².